The van der Waals surface area contributed by atoms with Gasteiger partial charge in [-0.1, -0.05) is 6.07 Å². The largest absolute Gasteiger partial charge is 0.386 e. The van der Waals surface area contributed by atoms with Crippen molar-refractivity contribution in [2.24, 2.45) is 0 Å². The number of nitrogens with zero attached hydrogens (tertiary/aromatic N) is 1. The van der Waals surface area contributed by atoms with E-state index in [0.29, 0.717) is 18.7 Å². The highest BCUT2D eigenvalue weighted by Crippen LogP contribution is 2.24. The smallest absolute Gasteiger partial charge is 0.252 e. The Kier molecular flexibility index (Phi) is 5.53. The number of hydrogen-bond donors (Lipinski definition) is 2. The molecule has 1 amide bonds. The van der Waals surface area contributed by atoms with Crippen molar-refractivity contribution < 1.29 is 14.6 Å². The highest BCUT2D eigenvalue weighted by atomic mass is 32.1. The molecule has 2 aromatic heterocycles. The summed E-state index contributed by atoms with van der Waals surface area (Å²) in [6.07, 6.45) is 2.46. The van der Waals surface area contributed by atoms with Crippen LogP contribution in [0.25, 0.3) is 10.1 Å². The van der Waals surface area contributed by atoms with Gasteiger partial charge in [0.05, 0.1) is 18.8 Å². The summed E-state index contributed by atoms with van der Waals surface area (Å²) in [4.78, 5) is 15.7. The third-order valence-electron chi connectivity index (χ3n) is 3.59. The van der Waals surface area contributed by atoms with Crippen molar-refractivity contribution in [2.75, 3.05) is 19.8 Å². The number of aliphatic hydroxyl groups excluding tert-OH is 1. The second-order valence-electron chi connectivity index (χ2n) is 5.31. The van der Waals surface area contributed by atoms with Gasteiger partial charge in [0.25, 0.3) is 5.91 Å². The van der Waals surface area contributed by atoms with Gasteiger partial charge in [0, 0.05) is 23.6 Å². The first-order chi connectivity index (χ1) is 11.7. The SMILES string of the molecule is O=C(NCCOCC(O)c1ccc2sccc2c1)c1cccnc1. The minimum absolute atomic E-state index is 0.185. The predicted molar refractivity (Wildman–Crippen MR) is 94.2 cm³/mol. The molecule has 3 rings (SSSR count). The number of thiophene rings is 1. The third-order valence-corrected chi connectivity index (χ3v) is 4.49. The molecule has 24 heavy (non-hydrogen) atoms. The molecule has 0 saturated heterocycles. The summed E-state index contributed by atoms with van der Waals surface area (Å²) in [5, 5.41) is 16.1. The molecule has 0 aliphatic heterocycles. The average Bonchev–Trinajstić information content (AvgIpc) is 3.09. The number of ether oxygens (including phenoxy) is 1. The van der Waals surface area contributed by atoms with Crippen LogP contribution in [-0.2, 0) is 4.74 Å². The summed E-state index contributed by atoms with van der Waals surface area (Å²) >= 11 is 1.68. The van der Waals surface area contributed by atoms with E-state index < -0.39 is 6.10 Å². The minimum Gasteiger partial charge on any atom is -0.386 e. The normalized spacial score (nSPS) is 12.2. The summed E-state index contributed by atoms with van der Waals surface area (Å²) in [5.74, 6) is -0.185. The summed E-state index contributed by atoms with van der Waals surface area (Å²) in [5.41, 5.74) is 1.35. The van der Waals surface area contributed by atoms with Crippen LogP contribution in [0.1, 0.15) is 22.0 Å². The molecule has 6 heteroatoms. The van der Waals surface area contributed by atoms with Crippen LogP contribution >= 0.6 is 11.3 Å². The molecule has 5 nitrogen and oxygen atoms in total. The number of carbonyl (C=O) groups excluding carboxylic acids is 1. The zero-order valence-corrected chi connectivity index (χ0v) is 13.8. The molecule has 3 aromatic rings. The van der Waals surface area contributed by atoms with Crippen molar-refractivity contribution in [3.63, 3.8) is 0 Å². The fraction of sp³-hybridized carbons (Fsp3) is 0.222. The summed E-state index contributed by atoms with van der Waals surface area (Å²) < 4.78 is 6.65. The van der Waals surface area contributed by atoms with Crippen molar-refractivity contribution in [1.82, 2.24) is 10.3 Å². The Bertz CT molecular complexity index is 804. The van der Waals surface area contributed by atoms with Crippen molar-refractivity contribution >= 4 is 27.3 Å². The monoisotopic (exact) mass is 342 g/mol. The number of hydrogen-bond acceptors (Lipinski definition) is 5. The number of pyridine rings is 1. The van der Waals surface area contributed by atoms with Gasteiger partial charge >= 0.3 is 0 Å². The highest BCUT2D eigenvalue weighted by Gasteiger charge is 2.09. The fourth-order valence-corrected chi connectivity index (χ4v) is 3.09. The van der Waals surface area contributed by atoms with Gasteiger partial charge in [-0.05, 0) is 46.7 Å². The molecule has 124 valence electrons. The standard InChI is InChI=1S/C18H18N2O3S/c21-16(13-3-4-17-14(10-13)5-9-24-17)12-23-8-7-20-18(22)15-2-1-6-19-11-15/h1-6,9-11,16,21H,7-8,12H2,(H,20,22). The van der Waals surface area contributed by atoms with Crippen molar-refractivity contribution in [3.8, 4) is 0 Å². The Hall–Kier alpha value is -2.28. The maximum atomic E-state index is 11.8. The second-order valence-corrected chi connectivity index (χ2v) is 6.25. The number of aliphatic hydroxyl groups is 1. The van der Waals surface area contributed by atoms with E-state index in [1.807, 2.05) is 29.6 Å². The van der Waals surface area contributed by atoms with Gasteiger partial charge in [0.15, 0.2) is 0 Å². The number of amides is 1. The Morgan fingerprint density at radius 1 is 1.33 bits per heavy atom. The topological polar surface area (TPSA) is 71.5 Å². The molecule has 2 N–H and O–H groups in total. The van der Waals surface area contributed by atoms with Crippen LogP contribution in [0.15, 0.2) is 54.2 Å². The van der Waals surface area contributed by atoms with Crippen LogP contribution in [0, 0.1) is 0 Å². The third kappa shape index (κ3) is 4.17. The lowest BCUT2D eigenvalue weighted by Crippen LogP contribution is -2.27. The lowest BCUT2D eigenvalue weighted by Gasteiger charge is -2.12. The maximum Gasteiger partial charge on any atom is 0.252 e. The van der Waals surface area contributed by atoms with Crippen molar-refractivity contribution in [3.05, 3.63) is 65.3 Å². The molecule has 1 atom stereocenters. The summed E-state index contributed by atoms with van der Waals surface area (Å²) in [6.45, 7) is 0.909. The van der Waals surface area contributed by atoms with Gasteiger partial charge in [0.1, 0.15) is 6.10 Å². The molecule has 0 fully saturated rings. The number of nitrogens with one attached hydrogen (secondary N) is 1. The number of rotatable bonds is 7. The molecule has 0 saturated carbocycles. The molecule has 1 aromatic carbocycles. The first-order valence-corrected chi connectivity index (χ1v) is 8.53. The van der Waals surface area contributed by atoms with Crippen LogP contribution in [0.5, 0.6) is 0 Å². The van der Waals surface area contributed by atoms with Crippen LogP contribution in [0.3, 0.4) is 0 Å². The van der Waals surface area contributed by atoms with E-state index in [-0.39, 0.29) is 12.5 Å². The zero-order valence-electron chi connectivity index (χ0n) is 13.0. The van der Waals surface area contributed by atoms with E-state index in [2.05, 4.69) is 10.3 Å². The van der Waals surface area contributed by atoms with E-state index in [1.54, 1.807) is 29.7 Å². The Morgan fingerprint density at radius 3 is 3.08 bits per heavy atom. The molecular weight excluding hydrogens is 324 g/mol. The van der Waals surface area contributed by atoms with Crippen molar-refractivity contribution in [1.29, 1.82) is 0 Å². The average molecular weight is 342 g/mol. The molecule has 1 unspecified atom stereocenters. The van der Waals surface area contributed by atoms with E-state index >= 15 is 0 Å². The summed E-state index contributed by atoms with van der Waals surface area (Å²) in [7, 11) is 0. The number of carbonyl (C=O) groups is 1. The second kappa shape index (κ2) is 8.01. The number of benzene rings is 1. The van der Waals surface area contributed by atoms with Crippen LogP contribution in [0.4, 0.5) is 0 Å². The molecule has 0 bridgehead atoms. The van der Waals surface area contributed by atoms with Crippen LogP contribution in [0.2, 0.25) is 0 Å². The molecule has 0 radical (unpaired) electrons. The molecule has 0 aliphatic carbocycles. The van der Waals surface area contributed by atoms with Gasteiger partial charge in [-0.3, -0.25) is 9.78 Å². The number of aromatic nitrogens is 1. The first kappa shape index (κ1) is 16.6. The van der Waals surface area contributed by atoms with E-state index in [4.69, 9.17) is 4.74 Å². The molecule has 2 heterocycles. The van der Waals surface area contributed by atoms with Gasteiger partial charge < -0.3 is 15.2 Å². The quantitative estimate of drug-likeness (QED) is 0.648. The van der Waals surface area contributed by atoms with E-state index in [9.17, 15) is 9.90 Å². The zero-order chi connectivity index (χ0) is 16.8. The van der Waals surface area contributed by atoms with E-state index in [0.717, 1.165) is 10.9 Å². The Labute approximate surface area is 143 Å². The van der Waals surface area contributed by atoms with Gasteiger partial charge in [0.2, 0.25) is 0 Å². The lowest BCUT2D eigenvalue weighted by atomic mass is 10.1. The first-order valence-electron chi connectivity index (χ1n) is 7.65. The summed E-state index contributed by atoms with van der Waals surface area (Å²) in [6, 6.07) is 11.3. The molecule has 0 spiro atoms. The van der Waals surface area contributed by atoms with Crippen LogP contribution < -0.4 is 5.32 Å². The lowest BCUT2D eigenvalue weighted by molar-refractivity contribution is 0.0371. The van der Waals surface area contributed by atoms with Crippen LogP contribution in [-0.4, -0.2) is 35.8 Å². The van der Waals surface area contributed by atoms with Gasteiger partial charge in [-0.2, -0.15) is 0 Å². The number of fused-ring (bicyclic) bond motifs is 1. The predicted octanol–water partition coefficient (Wildman–Crippen LogP) is 2.78. The fourth-order valence-electron chi connectivity index (χ4n) is 2.32. The Balaban J connectivity index is 1.40. The Morgan fingerprint density at radius 2 is 2.25 bits per heavy atom. The van der Waals surface area contributed by atoms with Crippen molar-refractivity contribution in [2.45, 2.75) is 6.10 Å². The maximum absolute atomic E-state index is 11.8. The van der Waals surface area contributed by atoms with Gasteiger partial charge in [-0.15, -0.1) is 11.3 Å². The highest BCUT2D eigenvalue weighted by molar-refractivity contribution is 7.17. The van der Waals surface area contributed by atoms with Gasteiger partial charge in [-0.25, -0.2) is 0 Å². The minimum atomic E-state index is -0.677. The molecule has 0 aliphatic rings. The molecular formula is C18H18N2O3S. The van der Waals surface area contributed by atoms with E-state index in [1.165, 1.54) is 10.9 Å².